The fraction of sp³-hybridized carbons (Fsp3) is 0.417. The first-order valence-electron chi connectivity index (χ1n) is 4.92. The summed E-state index contributed by atoms with van der Waals surface area (Å²) in [4.78, 5) is 11.8. The van der Waals surface area contributed by atoms with E-state index in [0.29, 0.717) is 0 Å². The molecule has 1 atom stereocenters. The second-order valence-corrected chi connectivity index (χ2v) is 3.94. The van der Waals surface area contributed by atoms with Crippen LogP contribution >= 0.6 is 0 Å². The van der Waals surface area contributed by atoms with E-state index in [2.05, 4.69) is 0 Å². The Morgan fingerprint density at radius 3 is 2.67 bits per heavy atom. The van der Waals surface area contributed by atoms with Crippen LogP contribution in [0.3, 0.4) is 0 Å². The lowest BCUT2D eigenvalue weighted by Crippen LogP contribution is -2.34. The summed E-state index contributed by atoms with van der Waals surface area (Å²) in [6.45, 7) is 4.86. The third kappa shape index (κ3) is 2.42. The molecule has 0 aromatic heterocycles. The molecule has 0 saturated heterocycles. The molecule has 0 saturated carbocycles. The number of carbonyl (C=O) groups is 1. The third-order valence-electron chi connectivity index (χ3n) is 2.54. The Bertz CT molecular complexity index is 383. The fourth-order valence-electron chi connectivity index (χ4n) is 1.26. The highest BCUT2D eigenvalue weighted by molar-refractivity contribution is 6.02. The van der Waals surface area contributed by atoms with Crippen LogP contribution in [0.5, 0.6) is 0 Å². The second kappa shape index (κ2) is 4.11. The first kappa shape index (κ1) is 11.9. The number of aryl methyl sites for hydroxylation is 1. The normalized spacial score (nSPS) is 14.7. The van der Waals surface area contributed by atoms with Crippen molar-refractivity contribution in [2.75, 3.05) is 0 Å². The zero-order valence-electron chi connectivity index (χ0n) is 9.17. The van der Waals surface area contributed by atoms with Crippen LogP contribution in [-0.2, 0) is 0 Å². The Kier molecular flexibility index (Phi) is 3.25. The Morgan fingerprint density at radius 1 is 1.53 bits per heavy atom. The number of Topliss-reactive ketones (excluding diaryl/α,β-unsaturated/α-hetero) is 1. The highest BCUT2D eigenvalue weighted by Crippen LogP contribution is 2.20. The van der Waals surface area contributed by atoms with E-state index in [1.807, 2.05) is 0 Å². The number of carbonyl (C=O) groups excluding carboxylic acids is 1. The van der Waals surface area contributed by atoms with Gasteiger partial charge < -0.3 is 5.11 Å². The van der Waals surface area contributed by atoms with Gasteiger partial charge in [-0.25, -0.2) is 4.39 Å². The van der Waals surface area contributed by atoms with E-state index in [9.17, 15) is 14.3 Å². The number of ketones is 1. The van der Waals surface area contributed by atoms with E-state index in [1.165, 1.54) is 19.1 Å². The number of hydrogen-bond donors (Lipinski definition) is 1. The fourth-order valence-corrected chi connectivity index (χ4v) is 1.26. The van der Waals surface area contributed by atoms with Crippen molar-refractivity contribution in [3.05, 3.63) is 35.1 Å². The number of aliphatic hydroxyl groups is 1. The summed E-state index contributed by atoms with van der Waals surface area (Å²) in [5.41, 5.74) is -0.734. The van der Waals surface area contributed by atoms with Gasteiger partial charge in [-0.15, -0.1) is 0 Å². The van der Waals surface area contributed by atoms with E-state index >= 15 is 0 Å². The molecule has 1 aromatic carbocycles. The van der Waals surface area contributed by atoms with Crippen LogP contribution in [0.2, 0.25) is 0 Å². The maximum Gasteiger partial charge on any atom is 0.196 e. The summed E-state index contributed by atoms with van der Waals surface area (Å²) in [6.07, 6.45) is 0.263. The maximum atomic E-state index is 13.4. The van der Waals surface area contributed by atoms with E-state index < -0.39 is 17.2 Å². The van der Waals surface area contributed by atoms with Crippen LogP contribution in [0.1, 0.15) is 36.2 Å². The lowest BCUT2D eigenvalue weighted by molar-refractivity contribution is 0.0386. The molecule has 0 spiro atoms. The van der Waals surface area contributed by atoms with Gasteiger partial charge in [-0.3, -0.25) is 4.79 Å². The Hall–Kier alpha value is -1.22. The molecule has 1 rings (SSSR count). The molecular weight excluding hydrogens is 195 g/mol. The van der Waals surface area contributed by atoms with Gasteiger partial charge in [-0.1, -0.05) is 18.6 Å². The standard InChI is InChI=1S/C12H15FO2/c1-4-12(3,15)11(14)9-7-8(2)5-6-10(9)13/h5-7,15H,4H2,1-3H3. The Labute approximate surface area is 88.7 Å². The molecule has 0 radical (unpaired) electrons. The number of halogens is 1. The smallest absolute Gasteiger partial charge is 0.196 e. The predicted octanol–water partition coefficient (Wildman–Crippen LogP) is 2.48. The van der Waals surface area contributed by atoms with Crippen molar-refractivity contribution in [1.82, 2.24) is 0 Å². The van der Waals surface area contributed by atoms with E-state index in [-0.39, 0.29) is 12.0 Å². The van der Waals surface area contributed by atoms with Crippen molar-refractivity contribution in [2.45, 2.75) is 32.8 Å². The van der Waals surface area contributed by atoms with E-state index in [4.69, 9.17) is 0 Å². The molecule has 1 N–H and O–H groups in total. The topological polar surface area (TPSA) is 37.3 Å². The van der Waals surface area contributed by atoms with Gasteiger partial charge in [0.15, 0.2) is 5.78 Å². The minimum atomic E-state index is -1.49. The molecule has 0 amide bonds. The van der Waals surface area contributed by atoms with Crippen LogP contribution in [0.4, 0.5) is 4.39 Å². The second-order valence-electron chi connectivity index (χ2n) is 3.94. The molecule has 0 aliphatic rings. The van der Waals surface area contributed by atoms with Gasteiger partial charge in [0.05, 0.1) is 5.56 Å². The summed E-state index contributed by atoms with van der Waals surface area (Å²) in [6, 6.07) is 4.29. The van der Waals surface area contributed by atoms with E-state index in [1.54, 1.807) is 19.9 Å². The van der Waals surface area contributed by atoms with Crippen LogP contribution in [0, 0.1) is 12.7 Å². The maximum absolute atomic E-state index is 13.4. The molecular formula is C12H15FO2. The van der Waals surface area contributed by atoms with Gasteiger partial charge in [0.25, 0.3) is 0 Å². The molecule has 1 aromatic rings. The van der Waals surface area contributed by atoms with Gasteiger partial charge in [-0.2, -0.15) is 0 Å². The predicted molar refractivity (Wildman–Crippen MR) is 56.4 cm³/mol. The molecule has 0 fully saturated rings. The van der Waals surface area contributed by atoms with Crippen molar-refractivity contribution < 1.29 is 14.3 Å². The lowest BCUT2D eigenvalue weighted by Gasteiger charge is -2.19. The molecule has 3 heteroatoms. The minimum Gasteiger partial charge on any atom is -0.382 e. The first-order chi connectivity index (χ1) is 6.88. The van der Waals surface area contributed by atoms with Crippen LogP contribution in [0.25, 0.3) is 0 Å². The highest BCUT2D eigenvalue weighted by Gasteiger charge is 2.30. The van der Waals surface area contributed by atoms with Crippen LogP contribution in [0.15, 0.2) is 18.2 Å². The monoisotopic (exact) mass is 210 g/mol. The minimum absolute atomic E-state index is 0.0400. The van der Waals surface area contributed by atoms with Crippen molar-refractivity contribution >= 4 is 5.78 Å². The van der Waals surface area contributed by atoms with Crippen molar-refractivity contribution in [2.24, 2.45) is 0 Å². The SMILES string of the molecule is CCC(C)(O)C(=O)c1cc(C)ccc1F. The van der Waals surface area contributed by atoms with Crippen molar-refractivity contribution in [3.8, 4) is 0 Å². The molecule has 0 aliphatic heterocycles. The third-order valence-corrected chi connectivity index (χ3v) is 2.54. The average molecular weight is 210 g/mol. The number of hydrogen-bond acceptors (Lipinski definition) is 2. The molecule has 82 valence electrons. The first-order valence-corrected chi connectivity index (χ1v) is 4.92. The molecule has 0 heterocycles. The Morgan fingerprint density at radius 2 is 2.13 bits per heavy atom. The zero-order valence-corrected chi connectivity index (χ0v) is 9.17. The quantitative estimate of drug-likeness (QED) is 0.778. The molecule has 15 heavy (non-hydrogen) atoms. The van der Waals surface area contributed by atoms with Gasteiger partial charge >= 0.3 is 0 Å². The van der Waals surface area contributed by atoms with Crippen LogP contribution < -0.4 is 0 Å². The summed E-state index contributed by atoms with van der Waals surface area (Å²) >= 11 is 0. The van der Waals surface area contributed by atoms with E-state index in [0.717, 1.165) is 5.56 Å². The number of rotatable bonds is 3. The van der Waals surface area contributed by atoms with Crippen molar-refractivity contribution in [3.63, 3.8) is 0 Å². The van der Waals surface area contributed by atoms with Crippen molar-refractivity contribution in [1.29, 1.82) is 0 Å². The van der Waals surface area contributed by atoms with Gasteiger partial charge in [-0.05, 0) is 32.4 Å². The van der Waals surface area contributed by atoms with Crippen LogP contribution in [-0.4, -0.2) is 16.5 Å². The highest BCUT2D eigenvalue weighted by atomic mass is 19.1. The molecule has 0 bridgehead atoms. The molecule has 1 unspecified atom stereocenters. The summed E-state index contributed by atoms with van der Waals surface area (Å²) in [5, 5.41) is 9.74. The largest absolute Gasteiger partial charge is 0.382 e. The summed E-state index contributed by atoms with van der Waals surface area (Å²) in [5.74, 6) is -1.15. The zero-order chi connectivity index (χ0) is 11.6. The summed E-state index contributed by atoms with van der Waals surface area (Å²) < 4.78 is 13.4. The van der Waals surface area contributed by atoms with Gasteiger partial charge in [0, 0.05) is 0 Å². The number of benzene rings is 1. The summed E-state index contributed by atoms with van der Waals surface area (Å²) in [7, 11) is 0. The Balaban J connectivity index is 3.17. The lowest BCUT2D eigenvalue weighted by atomic mass is 9.91. The molecule has 0 aliphatic carbocycles. The van der Waals surface area contributed by atoms with Gasteiger partial charge in [0.2, 0.25) is 0 Å². The molecule has 2 nitrogen and oxygen atoms in total. The average Bonchev–Trinajstić information content (AvgIpc) is 2.20. The van der Waals surface area contributed by atoms with Gasteiger partial charge in [0.1, 0.15) is 11.4 Å².